The number of ketones is 1. The van der Waals surface area contributed by atoms with Crippen molar-refractivity contribution >= 4 is 27.7 Å². The first kappa shape index (κ1) is 10.9. The first-order valence-corrected chi connectivity index (χ1v) is 5.16. The molecule has 0 saturated heterocycles. The molecular weight excluding hydrogens is 248 g/mol. The molecule has 4 heteroatoms. The minimum absolute atomic E-state index is 0.0955. The van der Waals surface area contributed by atoms with Gasteiger partial charge in [0.2, 0.25) is 0 Å². The van der Waals surface area contributed by atoms with Crippen LogP contribution in [-0.4, -0.2) is 22.2 Å². The molecule has 3 nitrogen and oxygen atoms in total. The highest BCUT2D eigenvalue weighted by molar-refractivity contribution is 9.09. The normalized spacial score (nSPS) is 9.79. The van der Waals surface area contributed by atoms with E-state index in [1.165, 1.54) is 0 Å². The van der Waals surface area contributed by atoms with E-state index in [1.807, 2.05) is 0 Å². The minimum Gasteiger partial charge on any atom is -0.481 e. The maximum absolute atomic E-state index is 11.4. The van der Waals surface area contributed by atoms with E-state index < -0.39 is 5.97 Å². The molecule has 74 valence electrons. The van der Waals surface area contributed by atoms with Crippen LogP contribution in [0.5, 0.6) is 0 Å². The molecule has 0 aliphatic rings. The van der Waals surface area contributed by atoms with Crippen molar-refractivity contribution in [1.82, 2.24) is 0 Å². The third kappa shape index (κ3) is 2.67. The molecule has 1 aromatic rings. The van der Waals surface area contributed by atoms with Gasteiger partial charge in [0, 0.05) is 5.56 Å². The van der Waals surface area contributed by atoms with Gasteiger partial charge in [-0.15, -0.1) is 0 Å². The van der Waals surface area contributed by atoms with E-state index in [-0.39, 0.29) is 17.5 Å². The summed E-state index contributed by atoms with van der Waals surface area (Å²) in [6.45, 7) is 0. The summed E-state index contributed by atoms with van der Waals surface area (Å²) in [5, 5.41) is 8.83. The van der Waals surface area contributed by atoms with E-state index in [0.29, 0.717) is 11.1 Å². The van der Waals surface area contributed by atoms with E-state index in [9.17, 15) is 9.59 Å². The molecule has 0 spiro atoms. The van der Waals surface area contributed by atoms with Gasteiger partial charge in [-0.25, -0.2) is 0 Å². The van der Waals surface area contributed by atoms with Crippen LogP contribution in [0, 0.1) is 0 Å². The maximum Gasteiger partial charge on any atom is 0.307 e. The Morgan fingerprint density at radius 1 is 1.29 bits per heavy atom. The second-order valence-electron chi connectivity index (χ2n) is 2.78. The lowest BCUT2D eigenvalue weighted by Gasteiger charge is -2.03. The van der Waals surface area contributed by atoms with Crippen LogP contribution in [0.15, 0.2) is 24.3 Å². The molecule has 14 heavy (non-hydrogen) atoms. The van der Waals surface area contributed by atoms with Gasteiger partial charge in [-0.1, -0.05) is 40.2 Å². The third-order valence-electron chi connectivity index (χ3n) is 1.78. The second kappa shape index (κ2) is 4.91. The van der Waals surface area contributed by atoms with Crippen LogP contribution in [0.3, 0.4) is 0 Å². The minimum atomic E-state index is -0.931. The molecule has 0 atom stereocenters. The summed E-state index contributed by atoms with van der Waals surface area (Å²) in [6.07, 6.45) is -0.116. The van der Waals surface area contributed by atoms with Gasteiger partial charge in [-0.2, -0.15) is 0 Å². The van der Waals surface area contributed by atoms with Crippen LogP contribution in [0.4, 0.5) is 0 Å². The summed E-state index contributed by atoms with van der Waals surface area (Å²) in [5.74, 6) is -1.03. The number of rotatable bonds is 4. The number of benzene rings is 1. The molecule has 1 aromatic carbocycles. The fourth-order valence-corrected chi connectivity index (χ4v) is 1.48. The van der Waals surface area contributed by atoms with E-state index in [1.54, 1.807) is 24.3 Å². The van der Waals surface area contributed by atoms with Crippen molar-refractivity contribution in [1.29, 1.82) is 0 Å². The number of hydrogen-bond acceptors (Lipinski definition) is 2. The highest BCUT2D eigenvalue weighted by Crippen LogP contribution is 2.11. The predicted octanol–water partition coefficient (Wildman–Crippen LogP) is 1.89. The number of halogens is 1. The van der Waals surface area contributed by atoms with E-state index >= 15 is 0 Å². The number of carbonyl (C=O) groups excluding carboxylic acids is 1. The average Bonchev–Trinajstić information content (AvgIpc) is 2.16. The Morgan fingerprint density at radius 3 is 2.50 bits per heavy atom. The number of carboxylic acid groups (broad SMARTS) is 1. The molecule has 0 fully saturated rings. The summed E-state index contributed by atoms with van der Waals surface area (Å²) < 4.78 is 0. The average molecular weight is 257 g/mol. The van der Waals surface area contributed by atoms with Crippen molar-refractivity contribution in [3.63, 3.8) is 0 Å². The Morgan fingerprint density at radius 2 is 1.93 bits per heavy atom. The van der Waals surface area contributed by atoms with Crippen molar-refractivity contribution in [3.05, 3.63) is 35.4 Å². The predicted molar refractivity (Wildman–Crippen MR) is 55.9 cm³/mol. The van der Waals surface area contributed by atoms with Crippen molar-refractivity contribution in [2.45, 2.75) is 6.42 Å². The topological polar surface area (TPSA) is 54.4 Å². The standard InChI is InChI=1S/C10H9BrO3/c11-6-9(12)8-4-2-1-3-7(8)5-10(13)14/h1-4H,5-6H2,(H,13,14). The van der Waals surface area contributed by atoms with E-state index in [4.69, 9.17) is 5.11 Å². The van der Waals surface area contributed by atoms with E-state index in [0.717, 1.165) is 0 Å². The van der Waals surface area contributed by atoms with Crippen LogP contribution < -0.4 is 0 Å². The Labute approximate surface area is 89.9 Å². The lowest BCUT2D eigenvalue weighted by Crippen LogP contribution is -2.08. The van der Waals surface area contributed by atoms with E-state index in [2.05, 4.69) is 15.9 Å². The Balaban J connectivity index is 3.02. The summed E-state index contributed by atoms with van der Waals surface area (Å²) in [7, 11) is 0. The molecule has 0 heterocycles. The Kier molecular flexibility index (Phi) is 3.83. The fraction of sp³-hybridized carbons (Fsp3) is 0.200. The molecule has 0 bridgehead atoms. The number of carboxylic acids is 1. The smallest absolute Gasteiger partial charge is 0.307 e. The van der Waals surface area contributed by atoms with Gasteiger partial charge in [-0.05, 0) is 5.56 Å². The van der Waals surface area contributed by atoms with Gasteiger partial charge < -0.3 is 5.11 Å². The molecule has 1 N–H and O–H groups in total. The number of aliphatic carboxylic acids is 1. The maximum atomic E-state index is 11.4. The van der Waals surface area contributed by atoms with Gasteiger partial charge in [0.05, 0.1) is 11.8 Å². The van der Waals surface area contributed by atoms with Crippen molar-refractivity contribution in [3.8, 4) is 0 Å². The highest BCUT2D eigenvalue weighted by atomic mass is 79.9. The van der Waals surface area contributed by atoms with Crippen molar-refractivity contribution < 1.29 is 14.7 Å². The molecule has 0 aliphatic carbocycles. The number of carbonyl (C=O) groups is 2. The lowest BCUT2D eigenvalue weighted by atomic mass is 10.0. The van der Waals surface area contributed by atoms with Gasteiger partial charge >= 0.3 is 5.97 Å². The monoisotopic (exact) mass is 256 g/mol. The molecule has 0 aromatic heterocycles. The molecule has 0 saturated carbocycles. The van der Waals surface area contributed by atoms with Crippen LogP contribution >= 0.6 is 15.9 Å². The zero-order valence-corrected chi connectivity index (χ0v) is 8.95. The molecular formula is C10H9BrO3. The highest BCUT2D eigenvalue weighted by Gasteiger charge is 2.11. The van der Waals surface area contributed by atoms with Crippen LogP contribution in [0.2, 0.25) is 0 Å². The first-order chi connectivity index (χ1) is 6.65. The molecule has 0 aliphatic heterocycles. The SMILES string of the molecule is O=C(O)Cc1ccccc1C(=O)CBr. The largest absolute Gasteiger partial charge is 0.481 e. The third-order valence-corrected chi connectivity index (χ3v) is 2.29. The zero-order chi connectivity index (χ0) is 10.6. The lowest BCUT2D eigenvalue weighted by molar-refractivity contribution is -0.136. The first-order valence-electron chi connectivity index (χ1n) is 4.04. The van der Waals surface area contributed by atoms with Gasteiger partial charge in [-0.3, -0.25) is 9.59 Å². The van der Waals surface area contributed by atoms with Crippen LogP contribution in [0.25, 0.3) is 0 Å². The Bertz CT molecular complexity index is 360. The zero-order valence-electron chi connectivity index (χ0n) is 7.37. The van der Waals surface area contributed by atoms with Gasteiger partial charge in [0.25, 0.3) is 0 Å². The fourth-order valence-electron chi connectivity index (χ4n) is 1.18. The van der Waals surface area contributed by atoms with Crippen molar-refractivity contribution in [2.24, 2.45) is 0 Å². The second-order valence-corrected chi connectivity index (χ2v) is 3.35. The molecule has 0 amide bonds. The van der Waals surface area contributed by atoms with Gasteiger partial charge in [0.15, 0.2) is 5.78 Å². The van der Waals surface area contributed by atoms with Gasteiger partial charge in [0.1, 0.15) is 0 Å². The molecule has 0 radical (unpaired) electrons. The summed E-state index contributed by atoms with van der Waals surface area (Å²) in [6, 6.07) is 6.75. The number of alkyl halides is 1. The van der Waals surface area contributed by atoms with Crippen molar-refractivity contribution in [2.75, 3.05) is 5.33 Å². The number of hydrogen-bond donors (Lipinski definition) is 1. The summed E-state index contributed by atoms with van der Waals surface area (Å²) in [4.78, 5) is 21.9. The summed E-state index contributed by atoms with van der Waals surface area (Å²) >= 11 is 3.05. The Hall–Kier alpha value is -1.16. The molecule has 1 rings (SSSR count). The quantitative estimate of drug-likeness (QED) is 0.662. The summed E-state index contributed by atoms with van der Waals surface area (Å²) in [5.41, 5.74) is 1.04. The van der Waals surface area contributed by atoms with Crippen LogP contribution in [-0.2, 0) is 11.2 Å². The molecule has 0 unspecified atom stereocenters. The van der Waals surface area contributed by atoms with Crippen LogP contribution in [0.1, 0.15) is 15.9 Å². The number of Topliss-reactive ketones (excluding diaryl/α,β-unsaturated/α-hetero) is 1.